The monoisotopic (exact) mass is 249 g/mol. The molecule has 1 N–H and O–H groups in total. The number of methoxy groups -OCH3 is 1. The van der Waals surface area contributed by atoms with E-state index in [4.69, 9.17) is 4.74 Å². The number of rotatable bonds is 6. The molecule has 1 aliphatic carbocycles. The first-order valence-electron chi connectivity index (χ1n) is 6.60. The van der Waals surface area contributed by atoms with Crippen LogP contribution in [-0.2, 0) is 6.54 Å². The molecule has 0 saturated heterocycles. The summed E-state index contributed by atoms with van der Waals surface area (Å²) >= 11 is 0. The summed E-state index contributed by atoms with van der Waals surface area (Å²) in [7, 11) is 3.81. The van der Waals surface area contributed by atoms with Crippen LogP contribution in [0, 0.1) is 5.41 Å². The largest absolute Gasteiger partial charge is 0.497 e. The highest BCUT2D eigenvalue weighted by Crippen LogP contribution is 2.41. The Morgan fingerprint density at radius 1 is 1.39 bits per heavy atom. The van der Waals surface area contributed by atoms with Crippen molar-refractivity contribution < 1.29 is 9.84 Å². The summed E-state index contributed by atoms with van der Waals surface area (Å²) in [5.41, 5.74) is 1.41. The van der Waals surface area contributed by atoms with Crippen LogP contribution in [-0.4, -0.2) is 37.3 Å². The van der Waals surface area contributed by atoms with Crippen molar-refractivity contribution in [3.63, 3.8) is 0 Å². The quantitative estimate of drug-likeness (QED) is 0.839. The lowest BCUT2D eigenvalue weighted by molar-refractivity contribution is 0.0127. The standard InChI is InChI=1S/C15H23NO2/c1-16(11-15(12-17)7-4-8-15)10-13-5-3-6-14(9-13)18-2/h3,5-6,9,17H,4,7-8,10-12H2,1-2H3. The molecular weight excluding hydrogens is 226 g/mol. The summed E-state index contributed by atoms with van der Waals surface area (Å²) in [6, 6.07) is 8.17. The fourth-order valence-electron chi connectivity index (χ4n) is 2.75. The molecule has 0 heterocycles. The van der Waals surface area contributed by atoms with Crippen LogP contribution in [0.4, 0.5) is 0 Å². The van der Waals surface area contributed by atoms with Gasteiger partial charge in [-0.1, -0.05) is 18.6 Å². The normalized spacial score (nSPS) is 17.6. The van der Waals surface area contributed by atoms with Gasteiger partial charge in [0.2, 0.25) is 0 Å². The molecule has 3 heteroatoms. The van der Waals surface area contributed by atoms with Gasteiger partial charge in [0.15, 0.2) is 0 Å². The summed E-state index contributed by atoms with van der Waals surface area (Å²) in [4.78, 5) is 2.30. The molecule has 0 spiro atoms. The Kier molecular flexibility index (Phi) is 4.25. The van der Waals surface area contributed by atoms with Crippen molar-refractivity contribution in [1.82, 2.24) is 4.90 Å². The molecule has 0 bridgehead atoms. The van der Waals surface area contributed by atoms with E-state index in [2.05, 4.69) is 24.1 Å². The van der Waals surface area contributed by atoms with Crippen LogP contribution in [0.15, 0.2) is 24.3 Å². The van der Waals surface area contributed by atoms with Crippen LogP contribution in [0.5, 0.6) is 5.75 Å². The van der Waals surface area contributed by atoms with E-state index in [1.807, 2.05) is 12.1 Å². The minimum Gasteiger partial charge on any atom is -0.497 e. The van der Waals surface area contributed by atoms with E-state index < -0.39 is 0 Å². The van der Waals surface area contributed by atoms with E-state index in [1.54, 1.807) is 7.11 Å². The maximum Gasteiger partial charge on any atom is 0.119 e. The van der Waals surface area contributed by atoms with Crippen molar-refractivity contribution in [2.75, 3.05) is 27.3 Å². The summed E-state index contributed by atoms with van der Waals surface area (Å²) < 4.78 is 5.23. The van der Waals surface area contributed by atoms with Crippen LogP contribution in [0.3, 0.4) is 0 Å². The molecule has 1 saturated carbocycles. The van der Waals surface area contributed by atoms with Gasteiger partial charge >= 0.3 is 0 Å². The van der Waals surface area contributed by atoms with Gasteiger partial charge in [0.05, 0.1) is 7.11 Å². The van der Waals surface area contributed by atoms with Gasteiger partial charge in [-0.2, -0.15) is 0 Å². The molecule has 1 aromatic rings. The molecule has 100 valence electrons. The number of ether oxygens (including phenoxy) is 1. The molecular formula is C15H23NO2. The number of hydrogen-bond donors (Lipinski definition) is 1. The Morgan fingerprint density at radius 2 is 2.17 bits per heavy atom. The van der Waals surface area contributed by atoms with Crippen molar-refractivity contribution >= 4 is 0 Å². The van der Waals surface area contributed by atoms with E-state index >= 15 is 0 Å². The summed E-state index contributed by atoms with van der Waals surface area (Å²) in [6.07, 6.45) is 3.57. The van der Waals surface area contributed by atoms with E-state index in [9.17, 15) is 5.11 Å². The van der Waals surface area contributed by atoms with Crippen LogP contribution in [0.1, 0.15) is 24.8 Å². The Hall–Kier alpha value is -1.06. The lowest BCUT2D eigenvalue weighted by atomic mass is 9.69. The first kappa shape index (κ1) is 13.4. The molecule has 2 rings (SSSR count). The lowest BCUT2D eigenvalue weighted by Gasteiger charge is -2.43. The van der Waals surface area contributed by atoms with E-state index in [1.165, 1.54) is 12.0 Å². The van der Waals surface area contributed by atoms with Crippen molar-refractivity contribution in [2.24, 2.45) is 5.41 Å². The molecule has 0 aliphatic heterocycles. The van der Waals surface area contributed by atoms with E-state index in [-0.39, 0.29) is 5.41 Å². The summed E-state index contributed by atoms with van der Waals surface area (Å²) in [5.74, 6) is 0.904. The second kappa shape index (κ2) is 5.72. The zero-order valence-electron chi connectivity index (χ0n) is 11.4. The minimum absolute atomic E-state index is 0.160. The fraction of sp³-hybridized carbons (Fsp3) is 0.600. The number of aliphatic hydroxyl groups is 1. The van der Waals surface area contributed by atoms with Crippen molar-refractivity contribution in [3.8, 4) is 5.75 Å². The Balaban J connectivity index is 1.92. The molecule has 0 atom stereocenters. The number of nitrogens with zero attached hydrogens (tertiary/aromatic N) is 1. The van der Waals surface area contributed by atoms with Gasteiger partial charge in [-0.15, -0.1) is 0 Å². The zero-order valence-corrected chi connectivity index (χ0v) is 11.4. The highest BCUT2D eigenvalue weighted by atomic mass is 16.5. The average Bonchev–Trinajstić information content (AvgIpc) is 2.34. The fourth-order valence-corrected chi connectivity index (χ4v) is 2.75. The van der Waals surface area contributed by atoms with Gasteiger partial charge < -0.3 is 14.7 Å². The number of aliphatic hydroxyl groups excluding tert-OH is 1. The van der Waals surface area contributed by atoms with Gasteiger partial charge in [-0.3, -0.25) is 0 Å². The average molecular weight is 249 g/mol. The van der Waals surface area contributed by atoms with Crippen LogP contribution in [0.2, 0.25) is 0 Å². The SMILES string of the molecule is COc1cccc(CN(C)CC2(CO)CCC2)c1. The Bertz CT molecular complexity index is 382. The molecule has 0 amide bonds. The molecule has 18 heavy (non-hydrogen) atoms. The van der Waals surface area contributed by atoms with Gasteiger partial charge in [-0.05, 0) is 37.6 Å². The second-order valence-electron chi connectivity index (χ2n) is 5.54. The Morgan fingerprint density at radius 3 is 2.72 bits per heavy atom. The number of hydrogen-bond acceptors (Lipinski definition) is 3. The molecule has 1 aliphatic rings. The van der Waals surface area contributed by atoms with Gasteiger partial charge in [0, 0.05) is 25.1 Å². The maximum absolute atomic E-state index is 9.49. The van der Waals surface area contributed by atoms with Crippen molar-refractivity contribution in [2.45, 2.75) is 25.8 Å². The van der Waals surface area contributed by atoms with Crippen molar-refractivity contribution in [1.29, 1.82) is 0 Å². The minimum atomic E-state index is 0.160. The molecule has 3 nitrogen and oxygen atoms in total. The highest BCUT2D eigenvalue weighted by molar-refractivity contribution is 5.28. The number of benzene rings is 1. The highest BCUT2D eigenvalue weighted by Gasteiger charge is 2.37. The third kappa shape index (κ3) is 3.03. The predicted molar refractivity (Wildman–Crippen MR) is 72.7 cm³/mol. The zero-order chi connectivity index (χ0) is 13.0. The predicted octanol–water partition coefficient (Wildman–Crippen LogP) is 2.29. The molecule has 1 fully saturated rings. The first-order valence-corrected chi connectivity index (χ1v) is 6.60. The van der Waals surface area contributed by atoms with Crippen LogP contribution >= 0.6 is 0 Å². The Labute approximate surface area is 109 Å². The third-order valence-electron chi connectivity index (χ3n) is 3.94. The first-order chi connectivity index (χ1) is 8.67. The molecule has 0 aromatic heterocycles. The molecule has 1 aromatic carbocycles. The third-order valence-corrected chi connectivity index (χ3v) is 3.94. The van der Waals surface area contributed by atoms with E-state index in [0.29, 0.717) is 6.61 Å². The maximum atomic E-state index is 9.49. The molecule has 0 radical (unpaired) electrons. The summed E-state index contributed by atoms with van der Waals surface area (Å²) in [5, 5.41) is 9.49. The van der Waals surface area contributed by atoms with Crippen LogP contribution in [0.25, 0.3) is 0 Å². The lowest BCUT2D eigenvalue weighted by Crippen LogP contribution is -2.43. The summed E-state index contributed by atoms with van der Waals surface area (Å²) in [6.45, 7) is 2.19. The van der Waals surface area contributed by atoms with E-state index in [0.717, 1.165) is 31.7 Å². The molecule has 0 unspecified atom stereocenters. The van der Waals surface area contributed by atoms with Crippen molar-refractivity contribution in [3.05, 3.63) is 29.8 Å². The smallest absolute Gasteiger partial charge is 0.119 e. The second-order valence-corrected chi connectivity index (χ2v) is 5.54. The van der Waals surface area contributed by atoms with Gasteiger partial charge in [0.25, 0.3) is 0 Å². The van der Waals surface area contributed by atoms with Gasteiger partial charge in [0.1, 0.15) is 5.75 Å². The van der Waals surface area contributed by atoms with Gasteiger partial charge in [-0.25, -0.2) is 0 Å². The topological polar surface area (TPSA) is 32.7 Å². The van der Waals surface area contributed by atoms with Crippen LogP contribution < -0.4 is 4.74 Å².